The van der Waals surface area contributed by atoms with E-state index in [9.17, 15) is 8.42 Å². The fourth-order valence-corrected chi connectivity index (χ4v) is 3.98. The van der Waals surface area contributed by atoms with E-state index >= 15 is 0 Å². The van der Waals surface area contributed by atoms with Crippen LogP contribution in [-0.4, -0.2) is 21.5 Å². The lowest BCUT2D eigenvalue weighted by Crippen LogP contribution is -2.30. The highest BCUT2D eigenvalue weighted by molar-refractivity contribution is 7.89. The van der Waals surface area contributed by atoms with Crippen LogP contribution >= 0.6 is 0 Å². The second-order valence-corrected chi connectivity index (χ2v) is 7.71. The molecular formula is C16H26N2O2S. The van der Waals surface area contributed by atoms with Gasteiger partial charge in [0.05, 0.1) is 4.90 Å². The molecule has 1 aliphatic rings. The smallest absolute Gasteiger partial charge is 0.240 e. The van der Waals surface area contributed by atoms with Gasteiger partial charge in [0.1, 0.15) is 0 Å². The summed E-state index contributed by atoms with van der Waals surface area (Å²) in [7, 11) is -3.38. The van der Waals surface area contributed by atoms with E-state index in [2.05, 4.69) is 17.0 Å². The zero-order chi connectivity index (χ0) is 15.3. The van der Waals surface area contributed by atoms with Crippen molar-refractivity contribution in [1.82, 2.24) is 10.0 Å². The molecule has 2 N–H and O–H groups in total. The number of benzene rings is 1. The van der Waals surface area contributed by atoms with Crippen LogP contribution in [0, 0.1) is 11.8 Å². The predicted molar refractivity (Wildman–Crippen MR) is 85.5 cm³/mol. The molecule has 2 rings (SSSR count). The topological polar surface area (TPSA) is 58.2 Å². The molecule has 2 atom stereocenters. The van der Waals surface area contributed by atoms with E-state index in [4.69, 9.17) is 0 Å². The summed E-state index contributed by atoms with van der Waals surface area (Å²) < 4.78 is 27.4. The normalized spacial score (nSPS) is 22.6. The first-order chi connectivity index (χ1) is 10.0. The summed E-state index contributed by atoms with van der Waals surface area (Å²) in [6, 6.07) is 7.12. The Kier molecular flexibility index (Phi) is 5.79. The van der Waals surface area contributed by atoms with Gasteiger partial charge in [0.25, 0.3) is 0 Å². The Labute approximate surface area is 128 Å². The minimum Gasteiger partial charge on any atom is -0.313 e. The second kappa shape index (κ2) is 7.38. The Morgan fingerprint density at radius 1 is 1.19 bits per heavy atom. The van der Waals surface area contributed by atoms with E-state index in [1.54, 1.807) is 12.1 Å². The third-order valence-electron chi connectivity index (χ3n) is 4.39. The SMILES string of the molecule is CCNCc1ccc(S(=O)(=O)NCC2CCCC2C)cc1. The number of hydrogen-bond acceptors (Lipinski definition) is 3. The van der Waals surface area contributed by atoms with Crippen LogP contribution in [0.4, 0.5) is 0 Å². The molecule has 0 heterocycles. The van der Waals surface area contributed by atoms with Crippen molar-refractivity contribution in [3.8, 4) is 0 Å². The van der Waals surface area contributed by atoms with Crippen LogP contribution in [-0.2, 0) is 16.6 Å². The molecule has 4 nitrogen and oxygen atoms in total. The highest BCUT2D eigenvalue weighted by Gasteiger charge is 2.25. The zero-order valence-electron chi connectivity index (χ0n) is 12.9. The lowest BCUT2D eigenvalue weighted by molar-refractivity contribution is 0.414. The molecule has 118 valence electrons. The van der Waals surface area contributed by atoms with Crippen molar-refractivity contribution in [2.45, 2.75) is 44.6 Å². The average molecular weight is 310 g/mol. The van der Waals surface area contributed by atoms with Gasteiger partial charge in [0, 0.05) is 13.1 Å². The molecule has 1 aromatic rings. The molecule has 0 aliphatic heterocycles. The van der Waals surface area contributed by atoms with Gasteiger partial charge < -0.3 is 5.32 Å². The van der Waals surface area contributed by atoms with Gasteiger partial charge >= 0.3 is 0 Å². The highest BCUT2D eigenvalue weighted by Crippen LogP contribution is 2.30. The van der Waals surface area contributed by atoms with Crippen LogP contribution in [0.3, 0.4) is 0 Å². The van der Waals surface area contributed by atoms with Gasteiger partial charge in [0.15, 0.2) is 0 Å². The van der Waals surface area contributed by atoms with Crippen LogP contribution < -0.4 is 10.0 Å². The van der Waals surface area contributed by atoms with Gasteiger partial charge in [-0.3, -0.25) is 0 Å². The molecule has 1 aliphatic carbocycles. The largest absolute Gasteiger partial charge is 0.313 e. The van der Waals surface area contributed by atoms with Crippen LogP contribution in [0.15, 0.2) is 29.2 Å². The van der Waals surface area contributed by atoms with E-state index in [-0.39, 0.29) is 0 Å². The first-order valence-corrected chi connectivity index (χ1v) is 9.30. The van der Waals surface area contributed by atoms with Crippen molar-refractivity contribution in [2.24, 2.45) is 11.8 Å². The fourth-order valence-electron chi connectivity index (χ4n) is 2.88. The molecule has 0 bridgehead atoms. The molecule has 0 aromatic heterocycles. The van der Waals surface area contributed by atoms with E-state index in [1.807, 2.05) is 19.1 Å². The van der Waals surface area contributed by atoms with Crippen molar-refractivity contribution >= 4 is 10.0 Å². The zero-order valence-corrected chi connectivity index (χ0v) is 13.7. The standard InChI is InChI=1S/C16H26N2O2S/c1-3-17-11-14-7-9-16(10-8-14)21(19,20)18-12-15-6-4-5-13(15)2/h7-10,13,15,17-18H,3-6,11-12H2,1-2H3. The Balaban J connectivity index is 1.95. The summed E-state index contributed by atoms with van der Waals surface area (Å²) in [6.07, 6.45) is 3.56. The quantitative estimate of drug-likeness (QED) is 0.813. The van der Waals surface area contributed by atoms with Gasteiger partial charge in [0.2, 0.25) is 10.0 Å². The molecule has 5 heteroatoms. The van der Waals surface area contributed by atoms with Crippen molar-refractivity contribution in [1.29, 1.82) is 0 Å². The molecule has 0 spiro atoms. The summed E-state index contributed by atoms with van der Waals surface area (Å²) in [5, 5.41) is 3.22. The van der Waals surface area contributed by atoms with Crippen molar-refractivity contribution < 1.29 is 8.42 Å². The van der Waals surface area contributed by atoms with E-state index < -0.39 is 10.0 Å². The molecule has 0 saturated heterocycles. The maximum Gasteiger partial charge on any atom is 0.240 e. The van der Waals surface area contributed by atoms with E-state index in [1.165, 1.54) is 12.8 Å². The third kappa shape index (κ3) is 4.53. The first kappa shape index (κ1) is 16.5. The Bertz CT molecular complexity index is 540. The molecule has 1 fully saturated rings. The van der Waals surface area contributed by atoms with Crippen LogP contribution in [0.2, 0.25) is 0 Å². The summed E-state index contributed by atoms with van der Waals surface area (Å²) in [5.74, 6) is 1.10. The first-order valence-electron chi connectivity index (χ1n) is 7.82. The van der Waals surface area contributed by atoms with E-state index in [0.29, 0.717) is 23.3 Å². The van der Waals surface area contributed by atoms with Crippen molar-refractivity contribution in [3.63, 3.8) is 0 Å². The molecule has 0 amide bonds. The molecule has 1 saturated carbocycles. The molecule has 2 unspecified atom stereocenters. The maximum absolute atomic E-state index is 12.3. The van der Waals surface area contributed by atoms with Gasteiger partial charge in [-0.2, -0.15) is 0 Å². The summed E-state index contributed by atoms with van der Waals surface area (Å²) in [5.41, 5.74) is 1.10. The summed E-state index contributed by atoms with van der Waals surface area (Å²) in [6.45, 7) is 6.49. The Morgan fingerprint density at radius 3 is 2.48 bits per heavy atom. The molecular weight excluding hydrogens is 284 g/mol. The summed E-state index contributed by atoms with van der Waals surface area (Å²) in [4.78, 5) is 0.355. The molecule has 1 aromatic carbocycles. The van der Waals surface area contributed by atoms with Gasteiger partial charge in [-0.1, -0.05) is 38.8 Å². The average Bonchev–Trinajstić information content (AvgIpc) is 2.89. The minimum absolute atomic E-state index is 0.355. The lowest BCUT2D eigenvalue weighted by atomic mass is 9.99. The summed E-state index contributed by atoms with van der Waals surface area (Å²) >= 11 is 0. The number of hydrogen-bond donors (Lipinski definition) is 2. The van der Waals surface area contributed by atoms with Gasteiger partial charge in [-0.05, 0) is 42.5 Å². The number of sulfonamides is 1. The number of nitrogens with one attached hydrogen (secondary N) is 2. The third-order valence-corrected chi connectivity index (χ3v) is 5.83. The second-order valence-electron chi connectivity index (χ2n) is 5.94. The Morgan fingerprint density at radius 2 is 1.90 bits per heavy atom. The fraction of sp³-hybridized carbons (Fsp3) is 0.625. The molecule has 21 heavy (non-hydrogen) atoms. The van der Waals surface area contributed by atoms with Crippen LogP contribution in [0.1, 0.15) is 38.7 Å². The molecule has 0 radical (unpaired) electrons. The minimum atomic E-state index is -3.38. The maximum atomic E-state index is 12.3. The monoisotopic (exact) mass is 310 g/mol. The van der Waals surface area contributed by atoms with Gasteiger partial charge in [-0.25, -0.2) is 13.1 Å². The van der Waals surface area contributed by atoms with Crippen molar-refractivity contribution in [2.75, 3.05) is 13.1 Å². The lowest BCUT2D eigenvalue weighted by Gasteiger charge is -2.16. The Hall–Kier alpha value is -0.910. The predicted octanol–water partition coefficient (Wildman–Crippen LogP) is 2.51. The van der Waals surface area contributed by atoms with Crippen molar-refractivity contribution in [3.05, 3.63) is 29.8 Å². The highest BCUT2D eigenvalue weighted by atomic mass is 32.2. The van der Waals surface area contributed by atoms with Crippen LogP contribution in [0.5, 0.6) is 0 Å². The van der Waals surface area contributed by atoms with Gasteiger partial charge in [-0.15, -0.1) is 0 Å². The van der Waals surface area contributed by atoms with E-state index in [0.717, 1.165) is 25.1 Å². The van der Waals surface area contributed by atoms with Crippen LogP contribution in [0.25, 0.3) is 0 Å². The number of rotatable bonds is 7.